The highest BCUT2D eigenvalue weighted by molar-refractivity contribution is 6.46. The van der Waals surface area contributed by atoms with Crippen LogP contribution in [0.15, 0.2) is 72.3 Å². The smallest absolute Gasteiger partial charge is 0.295 e. The summed E-state index contributed by atoms with van der Waals surface area (Å²) >= 11 is 0. The molecule has 3 aromatic rings. The van der Waals surface area contributed by atoms with Crippen molar-refractivity contribution in [3.63, 3.8) is 0 Å². The molecule has 0 spiro atoms. The molecule has 3 aromatic carbocycles. The lowest BCUT2D eigenvalue weighted by molar-refractivity contribution is -0.140. The van der Waals surface area contributed by atoms with Gasteiger partial charge in [-0.25, -0.2) is 8.78 Å². The monoisotopic (exact) mass is 449 g/mol. The van der Waals surface area contributed by atoms with Gasteiger partial charge in [-0.1, -0.05) is 24.3 Å². The van der Waals surface area contributed by atoms with Crippen LogP contribution >= 0.6 is 0 Å². The highest BCUT2D eigenvalue weighted by Crippen LogP contribution is 2.41. The summed E-state index contributed by atoms with van der Waals surface area (Å²) in [4.78, 5) is 27.4. The molecule has 168 valence electrons. The number of nitrogens with zero attached hydrogens (tertiary/aromatic N) is 1. The zero-order chi connectivity index (χ0) is 23.7. The first-order valence-corrected chi connectivity index (χ1v) is 10.2. The maximum atomic E-state index is 13.6. The van der Waals surface area contributed by atoms with E-state index in [1.807, 2.05) is 0 Å². The Bertz CT molecular complexity index is 1250. The minimum Gasteiger partial charge on any atom is -0.507 e. The number of hydrogen-bond acceptors (Lipinski definition) is 4. The van der Waals surface area contributed by atoms with E-state index in [1.54, 1.807) is 25.1 Å². The van der Waals surface area contributed by atoms with E-state index < -0.39 is 29.4 Å². The van der Waals surface area contributed by atoms with Gasteiger partial charge in [0.25, 0.3) is 11.7 Å². The predicted molar refractivity (Wildman–Crippen MR) is 118 cm³/mol. The standard InChI is InChI=1S/C26H21F2NO4/c1-15-13-20(33-2)11-12-21(15)24(30)22-23(17-5-9-19(28)10-6-17)29(26(32)25(22)31)14-16-3-7-18(27)8-4-16/h3-13,23,30H,14H2,1-2H3/b24-22-. The van der Waals surface area contributed by atoms with Gasteiger partial charge in [0.15, 0.2) is 0 Å². The highest BCUT2D eigenvalue weighted by atomic mass is 19.1. The van der Waals surface area contributed by atoms with Gasteiger partial charge < -0.3 is 14.7 Å². The van der Waals surface area contributed by atoms with Crippen LogP contribution in [-0.4, -0.2) is 28.8 Å². The number of aliphatic hydroxyl groups excluding tert-OH is 1. The van der Waals surface area contributed by atoms with Crippen molar-refractivity contribution in [1.29, 1.82) is 0 Å². The van der Waals surface area contributed by atoms with Crippen LogP contribution in [0.1, 0.15) is 28.3 Å². The molecule has 1 atom stereocenters. The van der Waals surface area contributed by atoms with E-state index in [0.717, 1.165) is 0 Å². The molecular weight excluding hydrogens is 428 g/mol. The van der Waals surface area contributed by atoms with E-state index in [0.29, 0.717) is 28.0 Å². The number of ketones is 1. The Morgan fingerprint density at radius 2 is 1.58 bits per heavy atom. The largest absolute Gasteiger partial charge is 0.507 e. The van der Waals surface area contributed by atoms with Crippen LogP contribution in [0.25, 0.3) is 5.76 Å². The summed E-state index contributed by atoms with van der Waals surface area (Å²) in [6.07, 6.45) is 0. The van der Waals surface area contributed by atoms with Crippen LogP contribution in [0, 0.1) is 18.6 Å². The summed E-state index contributed by atoms with van der Waals surface area (Å²) in [5, 5.41) is 11.2. The fourth-order valence-corrected chi connectivity index (χ4v) is 4.00. The highest BCUT2D eigenvalue weighted by Gasteiger charge is 2.46. The number of aryl methyl sites for hydroxylation is 1. The van der Waals surface area contributed by atoms with Crippen molar-refractivity contribution in [2.45, 2.75) is 19.5 Å². The lowest BCUT2D eigenvalue weighted by Gasteiger charge is -2.25. The third kappa shape index (κ3) is 4.22. The van der Waals surface area contributed by atoms with Gasteiger partial charge in [0.2, 0.25) is 0 Å². The Labute approximate surface area is 189 Å². The molecule has 1 N–H and O–H groups in total. The summed E-state index contributed by atoms with van der Waals surface area (Å²) in [7, 11) is 1.52. The Kier molecular flexibility index (Phi) is 5.96. The molecule has 1 aliphatic rings. The Balaban J connectivity index is 1.86. The maximum Gasteiger partial charge on any atom is 0.295 e. The molecule has 1 aliphatic heterocycles. The van der Waals surface area contributed by atoms with Crippen LogP contribution in [0.2, 0.25) is 0 Å². The molecule has 0 radical (unpaired) electrons. The number of methoxy groups -OCH3 is 1. The molecule has 1 heterocycles. The van der Waals surface area contributed by atoms with E-state index in [2.05, 4.69) is 0 Å². The van der Waals surface area contributed by atoms with Gasteiger partial charge in [-0.3, -0.25) is 9.59 Å². The normalized spacial score (nSPS) is 17.5. The van der Waals surface area contributed by atoms with Gasteiger partial charge in [0.05, 0.1) is 18.7 Å². The topological polar surface area (TPSA) is 66.8 Å². The number of carbonyl (C=O) groups is 2. The van der Waals surface area contributed by atoms with E-state index >= 15 is 0 Å². The zero-order valence-electron chi connectivity index (χ0n) is 18.0. The Morgan fingerprint density at radius 3 is 2.15 bits per heavy atom. The molecule has 1 unspecified atom stereocenters. The number of Topliss-reactive ketones (excluding diaryl/α,β-unsaturated/α-hetero) is 1. The number of aliphatic hydroxyl groups is 1. The van der Waals surface area contributed by atoms with E-state index in [1.165, 1.54) is 60.5 Å². The second-order valence-electron chi connectivity index (χ2n) is 7.79. The fraction of sp³-hybridized carbons (Fsp3) is 0.154. The van der Waals surface area contributed by atoms with Crippen molar-refractivity contribution in [1.82, 2.24) is 4.90 Å². The number of halogens is 2. The molecule has 7 heteroatoms. The third-order valence-electron chi connectivity index (χ3n) is 5.68. The Morgan fingerprint density at radius 1 is 0.970 bits per heavy atom. The summed E-state index contributed by atoms with van der Waals surface area (Å²) in [6, 6.07) is 15.0. The molecule has 1 saturated heterocycles. The lowest BCUT2D eigenvalue weighted by atomic mass is 9.93. The molecule has 4 rings (SSSR count). The average molecular weight is 449 g/mol. The van der Waals surface area contributed by atoms with Gasteiger partial charge in [0.1, 0.15) is 23.1 Å². The molecule has 0 aromatic heterocycles. The molecule has 1 amide bonds. The summed E-state index contributed by atoms with van der Waals surface area (Å²) in [5.74, 6) is -2.30. The van der Waals surface area contributed by atoms with E-state index in [4.69, 9.17) is 4.74 Å². The van der Waals surface area contributed by atoms with Gasteiger partial charge in [-0.15, -0.1) is 0 Å². The zero-order valence-corrected chi connectivity index (χ0v) is 18.0. The van der Waals surface area contributed by atoms with Crippen molar-refractivity contribution in [2.24, 2.45) is 0 Å². The first kappa shape index (κ1) is 22.2. The number of likely N-dealkylation sites (tertiary alicyclic amines) is 1. The lowest BCUT2D eigenvalue weighted by Crippen LogP contribution is -2.29. The van der Waals surface area contributed by atoms with Gasteiger partial charge in [0, 0.05) is 12.1 Å². The van der Waals surface area contributed by atoms with Crippen LogP contribution in [0.4, 0.5) is 8.78 Å². The van der Waals surface area contributed by atoms with Crippen LogP contribution in [-0.2, 0) is 16.1 Å². The molecule has 33 heavy (non-hydrogen) atoms. The number of carbonyl (C=O) groups excluding carboxylic acids is 2. The average Bonchev–Trinajstić information content (AvgIpc) is 3.05. The molecule has 1 fully saturated rings. The summed E-state index contributed by atoms with van der Waals surface area (Å²) in [5.41, 5.74) is 2.00. The van der Waals surface area contributed by atoms with Crippen molar-refractivity contribution in [3.8, 4) is 5.75 Å². The number of amides is 1. The van der Waals surface area contributed by atoms with Gasteiger partial charge in [-0.05, 0) is 66.1 Å². The number of benzene rings is 3. The van der Waals surface area contributed by atoms with Gasteiger partial charge >= 0.3 is 0 Å². The number of hydrogen-bond donors (Lipinski definition) is 1. The van der Waals surface area contributed by atoms with Crippen molar-refractivity contribution >= 4 is 17.4 Å². The van der Waals surface area contributed by atoms with Crippen LogP contribution in [0.5, 0.6) is 5.75 Å². The molecule has 0 aliphatic carbocycles. The van der Waals surface area contributed by atoms with Crippen molar-refractivity contribution in [3.05, 3.63) is 106 Å². The summed E-state index contributed by atoms with van der Waals surface area (Å²) in [6.45, 7) is 1.75. The fourth-order valence-electron chi connectivity index (χ4n) is 4.00. The second kappa shape index (κ2) is 8.86. The van der Waals surface area contributed by atoms with Crippen molar-refractivity contribution < 1.29 is 28.2 Å². The van der Waals surface area contributed by atoms with E-state index in [-0.39, 0.29) is 17.9 Å². The quantitative estimate of drug-likeness (QED) is 0.342. The van der Waals surface area contributed by atoms with Crippen LogP contribution < -0.4 is 4.74 Å². The van der Waals surface area contributed by atoms with Gasteiger partial charge in [-0.2, -0.15) is 0 Å². The number of ether oxygens (including phenoxy) is 1. The molecule has 0 bridgehead atoms. The predicted octanol–water partition coefficient (Wildman–Crippen LogP) is 4.90. The number of rotatable bonds is 5. The summed E-state index contributed by atoms with van der Waals surface area (Å²) < 4.78 is 32.1. The maximum absolute atomic E-state index is 13.6. The second-order valence-corrected chi connectivity index (χ2v) is 7.79. The molecule has 0 saturated carbocycles. The van der Waals surface area contributed by atoms with E-state index in [9.17, 15) is 23.5 Å². The first-order valence-electron chi connectivity index (χ1n) is 10.2. The van der Waals surface area contributed by atoms with Crippen molar-refractivity contribution in [2.75, 3.05) is 7.11 Å². The molecule has 5 nitrogen and oxygen atoms in total. The SMILES string of the molecule is COc1ccc(/C(O)=C2/C(=O)C(=O)N(Cc3ccc(F)cc3)C2c2ccc(F)cc2)c(C)c1. The first-order chi connectivity index (χ1) is 15.8. The Hall–Kier alpha value is -4.00. The minimum absolute atomic E-state index is 0.00523. The molecular formula is C26H21F2NO4. The third-order valence-corrected chi connectivity index (χ3v) is 5.68. The minimum atomic E-state index is -0.947. The van der Waals surface area contributed by atoms with Crippen LogP contribution in [0.3, 0.4) is 0 Å².